The number of aromatic nitrogens is 1. The molecule has 94 valence electrons. The second-order valence-corrected chi connectivity index (χ2v) is 4.09. The number of hydrogen-bond donors (Lipinski definition) is 2. The van der Waals surface area contributed by atoms with Gasteiger partial charge in [-0.1, -0.05) is 17.3 Å². The molecule has 5 nitrogen and oxygen atoms in total. The molecule has 2 rings (SSSR count). The van der Waals surface area contributed by atoms with Crippen LogP contribution in [0.25, 0.3) is 0 Å². The van der Waals surface area contributed by atoms with E-state index in [0.29, 0.717) is 18.0 Å². The third-order valence-electron chi connectivity index (χ3n) is 2.73. The second kappa shape index (κ2) is 5.35. The molecule has 0 bridgehead atoms. The first-order chi connectivity index (χ1) is 8.66. The summed E-state index contributed by atoms with van der Waals surface area (Å²) in [5.74, 6) is 0.302. The first-order valence-corrected chi connectivity index (χ1v) is 5.69. The number of anilines is 1. The number of nitrogens with zero attached hydrogens (tertiary/aromatic N) is 1. The van der Waals surface area contributed by atoms with E-state index in [4.69, 9.17) is 10.3 Å². The van der Waals surface area contributed by atoms with Crippen molar-refractivity contribution < 1.29 is 9.32 Å². The van der Waals surface area contributed by atoms with Crippen LogP contribution in [0, 0.1) is 0 Å². The quantitative estimate of drug-likeness (QED) is 0.803. The smallest absolute Gasteiger partial charge is 0.227 e. The lowest BCUT2D eigenvalue weighted by Gasteiger charge is -2.12. The van der Waals surface area contributed by atoms with Gasteiger partial charge in [-0.3, -0.25) is 4.79 Å². The number of rotatable bonds is 4. The average molecular weight is 245 g/mol. The zero-order chi connectivity index (χ0) is 13.0. The van der Waals surface area contributed by atoms with Crippen LogP contribution in [0.15, 0.2) is 41.1 Å². The van der Waals surface area contributed by atoms with Gasteiger partial charge in [0, 0.05) is 11.8 Å². The summed E-state index contributed by atoms with van der Waals surface area (Å²) < 4.78 is 4.90. The highest BCUT2D eigenvalue weighted by atomic mass is 16.5. The topological polar surface area (TPSA) is 81.2 Å². The van der Waals surface area contributed by atoms with Crippen molar-refractivity contribution in [2.75, 3.05) is 5.73 Å². The van der Waals surface area contributed by atoms with Gasteiger partial charge in [-0.05, 0) is 24.6 Å². The van der Waals surface area contributed by atoms with E-state index in [1.54, 1.807) is 24.4 Å². The summed E-state index contributed by atoms with van der Waals surface area (Å²) in [6.45, 7) is 2.18. The van der Waals surface area contributed by atoms with Gasteiger partial charge >= 0.3 is 0 Å². The summed E-state index contributed by atoms with van der Waals surface area (Å²) in [6, 6.07) is 9.03. The van der Waals surface area contributed by atoms with E-state index in [-0.39, 0.29) is 11.8 Å². The summed E-state index contributed by atoms with van der Waals surface area (Å²) in [5.41, 5.74) is 7.24. The Morgan fingerprint density at radius 1 is 1.50 bits per heavy atom. The maximum Gasteiger partial charge on any atom is 0.227 e. The number of benzene rings is 1. The Bertz CT molecular complexity index is 523. The molecule has 0 aliphatic carbocycles. The highest BCUT2D eigenvalue weighted by molar-refractivity contribution is 5.83. The number of nitrogens with one attached hydrogen (secondary N) is 1. The van der Waals surface area contributed by atoms with E-state index in [1.165, 1.54) is 0 Å². The fourth-order valence-electron chi connectivity index (χ4n) is 1.64. The van der Waals surface area contributed by atoms with Crippen molar-refractivity contribution in [2.24, 2.45) is 0 Å². The SMILES string of the molecule is CC(C(=O)NCc1ccno1)c1cccc(N)c1. The fraction of sp³-hybridized carbons (Fsp3) is 0.231. The van der Waals surface area contributed by atoms with Crippen molar-refractivity contribution >= 4 is 11.6 Å². The number of hydrogen-bond acceptors (Lipinski definition) is 4. The molecule has 3 N–H and O–H groups in total. The van der Waals surface area contributed by atoms with Crippen molar-refractivity contribution in [3.8, 4) is 0 Å². The van der Waals surface area contributed by atoms with Crippen LogP contribution in [0.5, 0.6) is 0 Å². The lowest BCUT2D eigenvalue weighted by molar-refractivity contribution is -0.122. The van der Waals surface area contributed by atoms with Crippen molar-refractivity contribution in [1.29, 1.82) is 0 Å². The highest BCUT2D eigenvalue weighted by Gasteiger charge is 2.15. The third-order valence-corrected chi connectivity index (χ3v) is 2.73. The Morgan fingerprint density at radius 3 is 3.00 bits per heavy atom. The Kier molecular flexibility index (Phi) is 3.62. The molecule has 1 aromatic heterocycles. The van der Waals surface area contributed by atoms with Gasteiger partial charge in [0.1, 0.15) is 0 Å². The van der Waals surface area contributed by atoms with Crippen LogP contribution in [-0.2, 0) is 11.3 Å². The van der Waals surface area contributed by atoms with Crippen molar-refractivity contribution in [3.63, 3.8) is 0 Å². The number of carbonyl (C=O) groups is 1. The molecule has 1 unspecified atom stereocenters. The number of carbonyl (C=O) groups excluding carboxylic acids is 1. The van der Waals surface area contributed by atoms with E-state index >= 15 is 0 Å². The number of nitrogens with two attached hydrogens (primary N) is 1. The van der Waals surface area contributed by atoms with E-state index in [1.807, 2.05) is 19.1 Å². The van der Waals surface area contributed by atoms with Gasteiger partial charge in [-0.25, -0.2) is 0 Å². The second-order valence-electron chi connectivity index (χ2n) is 4.09. The molecule has 1 heterocycles. The lowest BCUT2D eigenvalue weighted by Crippen LogP contribution is -2.27. The third kappa shape index (κ3) is 2.88. The standard InChI is InChI=1S/C13H15N3O2/c1-9(10-3-2-4-11(14)7-10)13(17)15-8-12-5-6-16-18-12/h2-7,9H,8,14H2,1H3,(H,15,17). The lowest BCUT2D eigenvalue weighted by atomic mass is 10.00. The average Bonchev–Trinajstić information content (AvgIpc) is 2.88. The summed E-state index contributed by atoms with van der Waals surface area (Å²) in [5, 5.41) is 6.36. The van der Waals surface area contributed by atoms with Gasteiger partial charge in [0.15, 0.2) is 5.76 Å². The normalized spacial score (nSPS) is 12.1. The summed E-state index contributed by atoms with van der Waals surface area (Å²) >= 11 is 0. The van der Waals surface area contributed by atoms with E-state index in [9.17, 15) is 4.79 Å². The van der Waals surface area contributed by atoms with Gasteiger partial charge in [-0.15, -0.1) is 0 Å². The maximum absolute atomic E-state index is 11.9. The van der Waals surface area contributed by atoms with Gasteiger partial charge in [0.05, 0.1) is 18.7 Å². The Morgan fingerprint density at radius 2 is 2.33 bits per heavy atom. The molecule has 5 heteroatoms. The van der Waals surface area contributed by atoms with Crippen LogP contribution < -0.4 is 11.1 Å². The molecule has 2 aromatic rings. The Hall–Kier alpha value is -2.30. The minimum Gasteiger partial charge on any atom is -0.399 e. The predicted molar refractivity (Wildman–Crippen MR) is 67.6 cm³/mol. The van der Waals surface area contributed by atoms with Crippen LogP contribution in [-0.4, -0.2) is 11.1 Å². The van der Waals surface area contributed by atoms with E-state index in [0.717, 1.165) is 5.56 Å². The molecule has 1 atom stereocenters. The Balaban J connectivity index is 1.96. The summed E-state index contributed by atoms with van der Waals surface area (Å²) in [7, 11) is 0. The maximum atomic E-state index is 11.9. The predicted octanol–water partition coefficient (Wildman–Crippen LogP) is 1.68. The molecule has 0 fully saturated rings. The van der Waals surface area contributed by atoms with E-state index < -0.39 is 0 Å². The van der Waals surface area contributed by atoms with Crippen molar-refractivity contribution in [3.05, 3.63) is 47.9 Å². The summed E-state index contributed by atoms with van der Waals surface area (Å²) in [6.07, 6.45) is 1.54. The van der Waals surface area contributed by atoms with Gasteiger partial charge in [-0.2, -0.15) is 0 Å². The molecule has 0 spiro atoms. The summed E-state index contributed by atoms with van der Waals surface area (Å²) in [4.78, 5) is 11.9. The molecule has 0 saturated carbocycles. The minimum absolute atomic E-state index is 0.0722. The van der Waals surface area contributed by atoms with Crippen LogP contribution in [0.3, 0.4) is 0 Å². The van der Waals surface area contributed by atoms with E-state index in [2.05, 4.69) is 10.5 Å². The number of amides is 1. The molecular formula is C13H15N3O2. The minimum atomic E-state index is -0.253. The molecule has 0 saturated heterocycles. The van der Waals surface area contributed by atoms with Gasteiger partial charge in [0.2, 0.25) is 5.91 Å². The first-order valence-electron chi connectivity index (χ1n) is 5.69. The fourth-order valence-corrected chi connectivity index (χ4v) is 1.64. The molecule has 1 aromatic carbocycles. The Labute approximate surface area is 105 Å². The van der Waals surface area contributed by atoms with Gasteiger partial charge < -0.3 is 15.6 Å². The zero-order valence-corrected chi connectivity index (χ0v) is 10.1. The van der Waals surface area contributed by atoms with Crippen molar-refractivity contribution in [2.45, 2.75) is 19.4 Å². The molecule has 1 amide bonds. The molecular weight excluding hydrogens is 230 g/mol. The zero-order valence-electron chi connectivity index (χ0n) is 10.1. The van der Waals surface area contributed by atoms with Gasteiger partial charge in [0.25, 0.3) is 0 Å². The first kappa shape index (κ1) is 12.2. The number of nitrogen functional groups attached to an aromatic ring is 1. The highest BCUT2D eigenvalue weighted by Crippen LogP contribution is 2.17. The van der Waals surface area contributed by atoms with Crippen LogP contribution in [0.2, 0.25) is 0 Å². The largest absolute Gasteiger partial charge is 0.399 e. The molecule has 0 aliphatic rings. The molecule has 0 radical (unpaired) electrons. The molecule has 18 heavy (non-hydrogen) atoms. The molecule has 0 aliphatic heterocycles. The van der Waals surface area contributed by atoms with Crippen LogP contribution in [0.1, 0.15) is 24.2 Å². The van der Waals surface area contributed by atoms with Crippen LogP contribution >= 0.6 is 0 Å². The van der Waals surface area contributed by atoms with Crippen molar-refractivity contribution in [1.82, 2.24) is 10.5 Å². The monoisotopic (exact) mass is 245 g/mol. The van der Waals surface area contributed by atoms with Crippen LogP contribution in [0.4, 0.5) is 5.69 Å².